The Morgan fingerprint density at radius 3 is 2.25 bits per heavy atom. The third-order valence-electron chi connectivity index (χ3n) is 2.47. The SMILES string of the molecule is COC(=O)c1c[c]([Sn]([CH3])([CH3])[CH3])ccc1OC. The first-order valence-corrected chi connectivity index (χ1v) is 15.2. The molecule has 0 amide bonds. The minimum atomic E-state index is -2.15. The molecule has 88 valence electrons. The van der Waals surface area contributed by atoms with Crippen molar-refractivity contribution in [3.8, 4) is 5.75 Å². The van der Waals surface area contributed by atoms with Crippen molar-refractivity contribution < 1.29 is 14.3 Å². The van der Waals surface area contributed by atoms with E-state index in [1.54, 1.807) is 7.11 Å². The maximum atomic E-state index is 11.6. The molecule has 0 aliphatic carbocycles. The summed E-state index contributed by atoms with van der Waals surface area (Å²) in [5.74, 6) is 0.236. The van der Waals surface area contributed by atoms with E-state index >= 15 is 0 Å². The molecule has 1 aromatic rings. The number of carbonyl (C=O) groups excluding carboxylic acids is 1. The Kier molecular flexibility index (Phi) is 4.24. The van der Waals surface area contributed by atoms with Crippen LogP contribution in [0.1, 0.15) is 10.4 Å². The second kappa shape index (κ2) is 5.08. The Morgan fingerprint density at radius 1 is 1.19 bits per heavy atom. The van der Waals surface area contributed by atoms with Gasteiger partial charge in [-0.25, -0.2) is 0 Å². The van der Waals surface area contributed by atoms with E-state index in [4.69, 9.17) is 9.47 Å². The Balaban J connectivity index is 3.27. The van der Waals surface area contributed by atoms with Crippen LogP contribution in [0.5, 0.6) is 5.75 Å². The van der Waals surface area contributed by atoms with Crippen molar-refractivity contribution in [3.63, 3.8) is 0 Å². The molecule has 0 saturated carbocycles. The predicted molar refractivity (Wildman–Crippen MR) is 67.3 cm³/mol. The summed E-state index contributed by atoms with van der Waals surface area (Å²) in [6.07, 6.45) is 0. The van der Waals surface area contributed by atoms with Crippen LogP contribution in [0.15, 0.2) is 18.2 Å². The molecule has 0 radical (unpaired) electrons. The number of carbonyl (C=O) groups is 1. The third kappa shape index (κ3) is 2.90. The fraction of sp³-hybridized carbons (Fsp3) is 0.417. The predicted octanol–water partition coefficient (Wildman–Crippen LogP) is 2.03. The summed E-state index contributed by atoms with van der Waals surface area (Å²) >= 11 is -2.15. The van der Waals surface area contributed by atoms with Gasteiger partial charge in [-0.15, -0.1) is 0 Å². The molecule has 0 atom stereocenters. The van der Waals surface area contributed by atoms with Gasteiger partial charge in [0.05, 0.1) is 0 Å². The van der Waals surface area contributed by atoms with Gasteiger partial charge >= 0.3 is 101 Å². The number of hydrogen-bond acceptors (Lipinski definition) is 3. The fourth-order valence-electron chi connectivity index (χ4n) is 1.44. The Bertz CT molecular complexity index is 394. The van der Waals surface area contributed by atoms with Gasteiger partial charge in [-0.05, 0) is 0 Å². The average Bonchev–Trinajstić information content (AvgIpc) is 2.25. The minimum absolute atomic E-state index is 0.339. The Labute approximate surface area is 101 Å². The van der Waals surface area contributed by atoms with E-state index in [0.29, 0.717) is 11.3 Å². The zero-order valence-corrected chi connectivity index (χ0v) is 13.3. The number of rotatable bonds is 3. The third-order valence-corrected chi connectivity index (χ3v) is 8.30. The van der Waals surface area contributed by atoms with Crippen molar-refractivity contribution in [2.45, 2.75) is 14.8 Å². The molecule has 0 aliphatic rings. The van der Waals surface area contributed by atoms with Crippen molar-refractivity contribution in [2.24, 2.45) is 0 Å². The van der Waals surface area contributed by atoms with Crippen LogP contribution in [0, 0.1) is 0 Å². The van der Waals surface area contributed by atoms with E-state index in [1.165, 1.54) is 10.7 Å². The molecule has 16 heavy (non-hydrogen) atoms. The molecule has 0 bridgehead atoms. The zero-order chi connectivity index (χ0) is 12.3. The van der Waals surface area contributed by atoms with E-state index in [0.717, 1.165) is 0 Å². The van der Waals surface area contributed by atoms with Crippen molar-refractivity contribution in [1.82, 2.24) is 0 Å². The molecule has 1 rings (SSSR count). The average molecular weight is 329 g/mol. The Hall–Kier alpha value is -0.711. The molecule has 0 N–H and O–H groups in total. The van der Waals surface area contributed by atoms with Crippen LogP contribution in [-0.4, -0.2) is 38.6 Å². The molecule has 0 fully saturated rings. The fourth-order valence-corrected chi connectivity index (χ4v) is 4.76. The molecular formula is C12H18O3Sn. The van der Waals surface area contributed by atoms with Crippen LogP contribution in [0.25, 0.3) is 0 Å². The number of benzene rings is 1. The number of esters is 1. The van der Waals surface area contributed by atoms with E-state index in [9.17, 15) is 4.79 Å². The topological polar surface area (TPSA) is 35.5 Å². The first kappa shape index (κ1) is 13.4. The molecule has 0 saturated heterocycles. The quantitative estimate of drug-likeness (QED) is 0.629. The van der Waals surface area contributed by atoms with Crippen LogP contribution in [0.2, 0.25) is 14.8 Å². The normalized spacial score (nSPS) is 11.1. The van der Waals surface area contributed by atoms with Gasteiger partial charge < -0.3 is 0 Å². The molecule has 0 aliphatic heterocycles. The number of methoxy groups -OCH3 is 2. The summed E-state index contributed by atoms with van der Waals surface area (Å²) in [5.41, 5.74) is 0.522. The van der Waals surface area contributed by atoms with Crippen LogP contribution in [-0.2, 0) is 4.74 Å². The first-order chi connectivity index (χ1) is 7.40. The second-order valence-corrected chi connectivity index (χ2v) is 19.1. The Morgan fingerprint density at radius 2 is 1.81 bits per heavy atom. The molecule has 0 unspecified atom stereocenters. The van der Waals surface area contributed by atoms with Crippen molar-refractivity contribution in [2.75, 3.05) is 14.2 Å². The first-order valence-electron chi connectivity index (χ1n) is 5.17. The molecule has 0 aromatic heterocycles. The van der Waals surface area contributed by atoms with Gasteiger partial charge in [0.1, 0.15) is 0 Å². The van der Waals surface area contributed by atoms with Gasteiger partial charge in [0, 0.05) is 0 Å². The summed E-state index contributed by atoms with van der Waals surface area (Å²) in [4.78, 5) is 18.5. The number of hydrogen-bond donors (Lipinski definition) is 0. The monoisotopic (exact) mass is 330 g/mol. The van der Waals surface area contributed by atoms with E-state index < -0.39 is 18.4 Å². The molecular weight excluding hydrogens is 311 g/mol. The molecule has 4 heteroatoms. The molecule has 0 heterocycles. The summed E-state index contributed by atoms with van der Waals surface area (Å²) < 4.78 is 11.2. The summed E-state index contributed by atoms with van der Waals surface area (Å²) in [6, 6.07) is 5.83. The van der Waals surface area contributed by atoms with Gasteiger partial charge in [-0.1, -0.05) is 0 Å². The maximum absolute atomic E-state index is 11.6. The second-order valence-electron chi connectivity index (χ2n) is 4.66. The van der Waals surface area contributed by atoms with Crippen molar-refractivity contribution >= 4 is 27.9 Å². The van der Waals surface area contributed by atoms with Gasteiger partial charge in [-0.3, -0.25) is 0 Å². The van der Waals surface area contributed by atoms with Gasteiger partial charge in [0.15, 0.2) is 0 Å². The van der Waals surface area contributed by atoms with Crippen LogP contribution < -0.4 is 8.32 Å². The summed E-state index contributed by atoms with van der Waals surface area (Å²) in [6.45, 7) is 0. The van der Waals surface area contributed by atoms with Gasteiger partial charge in [-0.2, -0.15) is 0 Å². The summed E-state index contributed by atoms with van der Waals surface area (Å²) in [7, 11) is 2.94. The van der Waals surface area contributed by atoms with Gasteiger partial charge in [0.25, 0.3) is 0 Å². The van der Waals surface area contributed by atoms with Gasteiger partial charge in [0.2, 0.25) is 0 Å². The van der Waals surface area contributed by atoms with E-state index in [-0.39, 0.29) is 5.97 Å². The van der Waals surface area contributed by atoms with E-state index in [1.807, 2.05) is 12.1 Å². The molecule has 1 aromatic carbocycles. The van der Waals surface area contributed by atoms with Crippen LogP contribution in [0.4, 0.5) is 0 Å². The van der Waals surface area contributed by atoms with Crippen molar-refractivity contribution in [1.29, 1.82) is 0 Å². The number of ether oxygens (including phenoxy) is 2. The summed E-state index contributed by atoms with van der Waals surface area (Å²) in [5, 5.41) is 0. The standard InChI is InChI=1S/C9H9O3.3CH3.Sn/c1-11-8-6-4-3-5-7(8)9(10)12-2;;;;/h4-6H,1-2H3;3*1H3;. The van der Waals surface area contributed by atoms with Crippen LogP contribution >= 0.6 is 0 Å². The molecule has 0 spiro atoms. The van der Waals surface area contributed by atoms with Crippen LogP contribution in [0.3, 0.4) is 0 Å². The van der Waals surface area contributed by atoms with E-state index in [2.05, 4.69) is 20.9 Å². The zero-order valence-electron chi connectivity index (χ0n) is 10.5. The van der Waals surface area contributed by atoms with Crippen molar-refractivity contribution in [3.05, 3.63) is 23.8 Å². The molecule has 3 nitrogen and oxygen atoms in total.